The predicted molar refractivity (Wildman–Crippen MR) is 65.9 cm³/mol. The molecule has 0 atom stereocenters. The molecule has 2 N–H and O–H groups in total. The number of nitrogens with two attached hydrogens (primary N) is 1. The monoisotopic (exact) mass is 260 g/mol. The smallest absolute Gasteiger partial charge is 0.276 e. The van der Waals surface area contributed by atoms with Crippen molar-refractivity contribution in [3.05, 3.63) is 17.9 Å². The van der Waals surface area contributed by atoms with Gasteiger partial charge in [0.05, 0.1) is 6.54 Å². The molecule has 6 heteroatoms. The van der Waals surface area contributed by atoms with Gasteiger partial charge in [-0.05, 0) is 25.0 Å². The van der Waals surface area contributed by atoms with E-state index in [4.69, 9.17) is 10.2 Å². The number of hydrogen-bond acceptors (Lipinski definition) is 4. The summed E-state index contributed by atoms with van der Waals surface area (Å²) in [5.74, 6) is 0.474. The van der Waals surface area contributed by atoms with E-state index >= 15 is 0 Å². The van der Waals surface area contributed by atoms with Gasteiger partial charge in [0.2, 0.25) is 5.09 Å². The lowest BCUT2D eigenvalue weighted by Crippen LogP contribution is -2.36. The normalized spacial score (nSPS) is 12.6. The molecule has 0 aliphatic carbocycles. The molecule has 0 saturated carbocycles. The average Bonchev–Trinajstić information content (AvgIpc) is 2.79. The molecule has 0 aromatic carbocycles. The summed E-state index contributed by atoms with van der Waals surface area (Å²) < 4.78 is 31.0. The summed E-state index contributed by atoms with van der Waals surface area (Å²) in [4.78, 5) is 0. The number of nitrogens with zero attached hydrogens (tertiary/aromatic N) is 1. The maximum absolute atomic E-state index is 12.2. The van der Waals surface area contributed by atoms with E-state index in [-0.39, 0.29) is 17.7 Å². The zero-order valence-corrected chi connectivity index (χ0v) is 11.3. The van der Waals surface area contributed by atoms with Crippen LogP contribution < -0.4 is 5.73 Å². The van der Waals surface area contributed by atoms with Crippen molar-refractivity contribution < 1.29 is 12.8 Å². The van der Waals surface area contributed by atoms with Gasteiger partial charge >= 0.3 is 0 Å². The summed E-state index contributed by atoms with van der Waals surface area (Å²) in [5, 5.41) is -0.0349. The summed E-state index contributed by atoms with van der Waals surface area (Å²) in [7, 11) is -1.96. The second-order valence-corrected chi connectivity index (χ2v) is 5.84. The molecule has 98 valence electrons. The molecule has 0 saturated heterocycles. The third kappa shape index (κ3) is 2.88. The Morgan fingerprint density at radius 1 is 1.35 bits per heavy atom. The predicted octanol–water partition coefficient (Wildman–Crippen LogP) is 1.55. The molecule has 0 fully saturated rings. The molecule has 1 heterocycles. The van der Waals surface area contributed by atoms with Gasteiger partial charge in [0, 0.05) is 13.1 Å². The molecule has 5 nitrogen and oxygen atoms in total. The quantitative estimate of drug-likeness (QED) is 0.842. The molecular weight excluding hydrogens is 240 g/mol. The van der Waals surface area contributed by atoms with Gasteiger partial charge in [-0.2, -0.15) is 4.31 Å². The van der Waals surface area contributed by atoms with Crippen molar-refractivity contribution in [3.8, 4) is 0 Å². The highest BCUT2D eigenvalue weighted by molar-refractivity contribution is 7.89. The van der Waals surface area contributed by atoms with Gasteiger partial charge in [0.15, 0.2) is 0 Å². The lowest BCUT2D eigenvalue weighted by Gasteiger charge is -2.24. The maximum atomic E-state index is 12.2. The molecular formula is C11H20N2O3S. The minimum absolute atomic E-state index is 0.00794. The number of hydrogen-bond donors (Lipinski definition) is 1. The zero-order chi connectivity index (χ0) is 13.1. The van der Waals surface area contributed by atoms with Crippen molar-refractivity contribution in [3.63, 3.8) is 0 Å². The van der Waals surface area contributed by atoms with E-state index in [2.05, 4.69) is 0 Å². The van der Waals surface area contributed by atoms with E-state index in [0.29, 0.717) is 5.76 Å². The molecule has 1 aromatic rings. The summed E-state index contributed by atoms with van der Waals surface area (Å²) in [5.41, 5.74) is 5.39. The Bertz CT molecular complexity index is 449. The van der Waals surface area contributed by atoms with Crippen molar-refractivity contribution >= 4 is 10.0 Å². The van der Waals surface area contributed by atoms with Gasteiger partial charge in [0.1, 0.15) is 5.76 Å². The van der Waals surface area contributed by atoms with Gasteiger partial charge in [-0.25, -0.2) is 8.42 Å². The van der Waals surface area contributed by atoms with Crippen LogP contribution in [0.2, 0.25) is 0 Å². The Morgan fingerprint density at radius 3 is 2.35 bits per heavy atom. The van der Waals surface area contributed by atoms with Crippen LogP contribution in [-0.2, 0) is 16.6 Å². The average molecular weight is 260 g/mol. The summed E-state index contributed by atoms with van der Waals surface area (Å²) in [6.07, 6.45) is 1.55. The second-order valence-electron chi connectivity index (χ2n) is 3.92. The van der Waals surface area contributed by atoms with Crippen LogP contribution in [-0.4, -0.2) is 25.8 Å². The van der Waals surface area contributed by atoms with Crippen molar-refractivity contribution in [1.82, 2.24) is 4.31 Å². The molecule has 0 aliphatic rings. The molecule has 17 heavy (non-hydrogen) atoms. The van der Waals surface area contributed by atoms with E-state index in [0.717, 1.165) is 12.8 Å². The molecule has 0 bridgehead atoms. The lowest BCUT2D eigenvalue weighted by atomic mass is 10.2. The Hall–Kier alpha value is -0.850. The molecule has 1 rings (SSSR count). The fourth-order valence-electron chi connectivity index (χ4n) is 1.75. The first-order chi connectivity index (χ1) is 7.97. The fourth-order valence-corrected chi connectivity index (χ4v) is 3.17. The van der Waals surface area contributed by atoms with Crippen LogP contribution in [0.4, 0.5) is 0 Å². The van der Waals surface area contributed by atoms with Crippen LogP contribution in [0.1, 0.15) is 32.4 Å². The highest BCUT2D eigenvalue weighted by Crippen LogP contribution is 2.21. The van der Waals surface area contributed by atoms with Crippen LogP contribution in [0.5, 0.6) is 0 Å². The van der Waals surface area contributed by atoms with Crippen LogP contribution in [0.15, 0.2) is 21.6 Å². The number of furan rings is 1. The topological polar surface area (TPSA) is 76.5 Å². The van der Waals surface area contributed by atoms with Crippen LogP contribution in [0.25, 0.3) is 0 Å². The van der Waals surface area contributed by atoms with Crippen molar-refractivity contribution in [2.45, 2.75) is 44.4 Å². The van der Waals surface area contributed by atoms with Crippen LogP contribution >= 0.6 is 0 Å². The third-order valence-electron chi connectivity index (χ3n) is 2.93. The van der Waals surface area contributed by atoms with E-state index in [1.807, 2.05) is 13.8 Å². The van der Waals surface area contributed by atoms with Crippen molar-refractivity contribution in [2.24, 2.45) is 5.73 Å². The molecule has 0 unspecified atom stereocenters. The van der Waals surface area contributed by atoms with E-state index in [9.17, 15) is 8.42 Å². The minimum atomic E-state index is -3.54. The molecule has 1 aromatic heterocycles. The standard InChI is InChI=1S/C11H20N2O3S/c1-4-9(5-2)13(3)17(14,15)11-7-6-10(8-12)16-11/h6-7,9H,4-5,8,12H2,1-3H3. The highest BCUT2D eigenvalue weighted by atomic mass is 32.2. The van der Waals surface area contributed by atoms with Crippen LogP contribution in [0.3, 0.4) is 0 Å². The lowest BCUT2D eigenvalue weighted by molar-refractivity contribution is 0.330. The molecule has 0 spiro atoms. The highest BCUT2D eigenvalue weighted by Gasteiger charge is 2.28. The van der Waals surface area contributed by atoms with E-state index < -0.39 is 10.0 Å². The SMILES string of the molecule is CCC(CC)N(C)S(=O)(=O)c1ccc(CN)o1. The van der Waals surface area contributed by atoms with Crippen molar-refractivity contribution in [1.29, 1.82) is 0 Å². The Balaban J connectivity index is 3.01. The number of sulfonamides is 1. The Labute approximate surface area is 103 Å². The van der Waals surface area contributed by atoms with Crippen molar-refractivity contribution in [2.75, 3.05) is 7.05 Å². The van der Waals surface area contributed by atoms with Crippen LogP contribution in [0, 0.1) is 0 Å². The first-order valence-electron chi connectivity index (χ1n) is 5.74. The third-order valence-corrected chi connectivity index (χ3v) is 4.71. The summed E-state index contributed by atoms with van der Waals surface area (Å²) in [6.45, 7) is 4.13. The number of rotatable bonds is 6. The first kappa shape index (κ1) is 14.2. The second kappa shape index (κ2) is 5.66. The Kier molecular flexibility index (Phi) is 4.73. The molecule has 0 radical (unpaired) electrons. The van der Waals surface area contributed by atoms with E-state index in [1.165, 1.54) is 10.4 Å². The minimum Gasteiger partial charge on any atom is -0.447 e. The van der Waals surface area contributed by atoms with E-state index in [1.54, 1.807) is 13.1 Å². The molecule has 0 amide bonds. The van der Waals surface area contributed by atoms with Gasteiger partial charge in [0.25, 0.3) is 10.0 Å². The van der Waals surface area contributed by atoms with Gasteiger partial charge in [-0.1, -0.05) is 13.8 Å². The largest absolute Gasteiger partial charge is 0.447 e. The molecule has 0 aliphatic heterocycles. The zero-order valence-electron chi connectivity index (χ0n) is 10.5. The maximum Gasteiger partial charge on any atom is 0.276 e. The fraction of sp³-hybridized carbons (Fsp3) is 0.636. The van der Waals surface area contributed by atoms with Gasteiger partial charge in [-0.15, -0.1) is 0 Å². The van der Waals surface area contributed by atoms with Gasteiger partial charge < -0.3 is 10.2 Å². The Morgan fingerprint density at radius 2 is 1.94 bits per heavy atom. The van der Waals surface area contributed by atoms with Gasteiger partial charge in [-0.3, -0.25) is 0 Å². The summed E-state index contributed by atoms with van der Waals surface area (Å²) in [6, 6.07) is 3.04. The first-order valence-corrected chi connectivity index (χ1v) is 7.18. The summed E-state index contributed by atoms with van der Waals surface area (Å²) >= 11 is 0.